The lowest BCUT2D eigenvalue weighted by atomic mass is 10.1. The third kappa shape index (κ3) is 4.05. The van der Waals surface area contributed by atoms with Crippen molar-refractivity contribution in [3.05, 3.63) is 70.2 Å². The molecule has 6 nitrogen and oxygen atoms in total. The summed E-state index contributed by atoms with van der Waals surface area (Å²) in [5.74, 6) is -1.94. The van der Waals surface area contributed by atoms with Crippen molar-refractivity contribution in [1.29, 1.82) is 0 Å². The van der Waals surface area contributed by atoms with Gasteiger partial charge in [-0.05, 0) is 47.9 Å². The van der Waals surface area contributed by atoms with E-state index in [1.54, 1.807) is 17.0 Å². The van der Waals surface area contributed by atoms with Gasteiger partial charge in [0.05, 0.1) is 4.90 Å². The van der Waals surface area contributed by atoms with E-state index < -0.39 is 21.7 Å². The Bertz CT molecular complexity index is 1240. The number of anilines is 2. The number of hydrogen-bond acceptors (Lipinski definition) is 5. The van der Waals surface area contributed by atoms with Crippen LogP contribution in [0.2, 0.25) is 0 Å². The normalized spacial score (nSPS) is 13.4. The van der Waals surface area contributed by atoms with Gasteiger partial charge in [-0.3, -0.25) is 9.52 Å². The van der Waals surface area contributed by atoms with E-state index in [-0.39, 0.29) is 15.9 Å². The molecule has 1 amide bonds. The Kier molecular flexibility index (Phi) is 5.29. The Balaban J connectivity index is 1.50. The average Bonchev–Trinajstić information content (AvgIpc) is 3.30. The minimum absolute atomic E-state index is 0.0844. The van der Waals surface area contributed by atoms with E-state index in [0.29, 0.717) is 29.8 Å². The van der Waals surface area contributed by atoms with Crippen LogP contribution in [0.1, 0.15) is 22.9 Å². The highest BCUT2D eigenvalue weighted by Gasteiger charge is 2.25. The molecule has 3 aromatic rings. The highest BCUT2D eigenvalue weighted by molar-refractivity contribution is 7.93. The first-order valence-corrected chi connectivity index (χ1v) is 11.4. The van der Waals surface area contributed by atoms with Crippen molar-refractivity contribution in [2.24, 2.45) is 0 Å². The summed E-state index contributed by atoms with van der Waals surface area (Å²) in [5, 5.41) is 0.179. The Morgan fingerprint density at radius 3 is 2.73 bits per heavy atom. The first-order chi connectivity index (χ1) is 14.2. The van der Waals surface area contributed by atoms with Crippen molar-refractivity contribution in [2.75, 3.05) is 16.2 Å². The predicted octanol–water partition coefficient (Wildman–Crippen LogP) is 3.72. The smallest absolute Gasteiger partial charge is 0.263 e. The molecule has 0 bridgehead atoms. The van der Waals surface area contributed by atoms with Crippen molar-refractivity contribution in [2.45, 2.75) is 24.7 Å². The number of amides is 1. The Labute approximate surface area is 176 Å². The van der Waals surface area contributed by atoms with Crippen LogP contribution in [0.15, 0.2) is 47.5 Å². The van der Waals surface area contributed by atoms with Crippen molar-refractivity contribution >= 4 is 38.1 Å². The summed E-state index contributed by atoms with van der Waals surface area (Å²) in [6, 6.07) is 8.28. The molecule has 0 saturated heterocycles. The molecule has 0 unspecified atom stereocenters. The van der Waals surface area contributed by atoms with Gasteiger partial charge in [0, 0.05) is 36.7 Å². The van der Waals surface area contributed by atoms with Crippen molar-refractivity contribution in [3.8, 4) is 0 Å². The Morgan fingerprint density at radius 1 is 1.20 bits per heavy atom. The van der Waals surface area contributed by atoms with Gasteiger partial charge in [-0.1, -0.05) is 6.07 Å². The molecule has 0 spiro atoms. The monoisotopic (exact) mass is 449 g/mol. The van der Waals surface area contributed by atoms with Gasteiger partial charge in [-0.15, -0.1) is 11.3 Å². The molecule has 0 aliphatic carbocycles. The summed E-state index contributed by atoms with van der Waals surface area (Å²) in [6.45, 7) is 2.00. The number of aromatic nitrogens is 1. The van der Waals surface area contributed by atoms with Gasteiger partial charge in [0.25, 0.3) is 10.0 Å². The van der Waals surface area contributed by atoms with E-state index in [2.05, 4.69) is 9.71 Å². The zero-order valence-electron chi connectivity index (χ0n) is 15.9. The van der Waals surface area contributed by atoms with Crippen molar-refractivity contribution in [3.63, 3.8) is 0 Å². The zero-order valence-corrected chi connectivity index (χ0v) is 17.5. The van der Waals surface area contributed by atoms with Crippen LogP contribution >= 0.6 is 11.3 Å². The topological polar surface area (TPSA) is 79.4 Å². The van der Waals surface area contributed by atoms with Gasteiger partial charge < -0.3 is 4.90 Å². The molecule has 30 heavy (non-hydrogen) atoms. The molecule has 10 heteroatoms. The fourth-order valence-corrected chi connectivity index (χ4v) is 5.47. The number of thiazole rings is 1. The first kappa shape index (κ1) is 20.4. The lowest BCUT2D eigenvalue weighted by Gasteiger charge is -2.15. The number of halogens is 2. The fraction of sp³-hybridized carbons (Fsp3) is 0.200. The van der Waals surface area contributed by atoms with Gasteiger partial charge in [-0.2, -0.15) is 0 Å². The molecule has 2 aromatic carbocycles. The Morgan fingerprint density at radius 2 is 2.00 bits per heavy atom. The molecule has 1 aliphatic rings. The van der Waals surface area contributed by atoms with Gasteiger partial charge in [0.15, 0.2) is 16.8 Å². The van der Waals surface area contributed by atoms with Crippen LogP contribution in [-0.4, -0.2) is 25.9 Å². The molecule has 0 saturated carbocycles. The summed E-state index contributed by atoms with van der Waals surface area (Å²) in [7, 11) is -3.86. The SMILES string of the molecule is CC(=O)N1CCc2cc(S(=O)(=O)Nc3ncc(Cc4ccc(F)c(F)c4)s3)ccc21. The highest BCUT2D eigenvalue weighted by atomic mass is 32.2. The molecular formula is C20H17F2N3O3S2. The van der Waals surface area contributed by atoms with Crippen LogP contribution in [0.25, 0.3) is 0 Å². The number of hydrogen-bond donors (Lipinski definition) is 1. The van der Waals surface area contributed by atoms with Gasteiger partial charge >= 0.3 is 0 Å². The third-order valence-corrected chi connectivity index (χ3v) is 7.15. The molecule has 156 valence electrons. The molecule has 4 rings (SSSR count). The van der Waals surface area contributed by atoms with Crippen LogP contribution < -0.4 is 9.62 Å². The Hall–Kier alpha value is -2.85. The standard InChI is InChI=1S/C20H17F2N3O3S2/c1-12(26)25-7-6-14-10-16(3-5-19(14)25)30(27,28)24-20-23-11-15(29-20)8-13-2-4-17(21)18(22)9-13/h2-5,9-11H,6-8H2,1H3,(H,23,24). The first-order valence-electron chi connectivity index (χ1n) is 9.05. The van der Waals surface area contributed by atoms with E-state index in [0.717, 1.165) is 34.7 Å². The summed E-state index contributed by atoms with van der Waals surface area (Å²) in [5.41, 5.74) is 2.08. The maximum Gasteiger partial charge on any atom is 0.263 e. The molecule has 0 fully saturated rings. The fourth-order valence-electron chi connectivity index (χ4n) is 3.33. The predicted molar refractivity (Wildman–Crippen MR) is 110 cm³/mol. The van der Waals surface area contributed by atoms with Gasteiger partial charge in [0.1, 0.15) is 0 Å². The molecule has 0 radical (unpaired) electrons. The molecule has 1 aliphatic heterocycles. The maximum atomic E-state index is 13.4. The number of fused-ring (bicyclic) bond motifs is 1. The number of carbonyl (C=O) groups excluding carboxylic acids is 1. The highest BCUT2D eigenvalue weighted by Crippen LogP contribution is 2.31. The van der Waals surface area contributed by atoms with E-state index in [9.17, 15) is 22.0 Å². The van der Waals surface area contributed by atoms with Crippen LogP contribution in [0.4, 0.5) is 19.6 Å². The van der Waals surface area contributed by atoms with E-state index in [1.165, 1.54) is 25.3 Å². The van der Waals surface area contributed by atoms with Crippen LogP contribution in [0, 0.1) is 11.6 Å². The number of rotatable bonds is 5. The lowest BCUT2D eigenvalue weighted by molar-refractivity contribution is -0.116. The van der Waals surface area contributed by atoms with Crippen LogP contribution in [0.3, 0.4) is 0 Å². The number of nitrogens with one attached hydrogen (secondary N) is 1. The molecule has 0 atom stereocenters. The summed E-state index contributed by atoms with van der Waals surface area (Å²) < 4.78 is 54.4. The number of benzene rings is 2. The number of nitrogens with zero attached hydrogens (tertiary/aromatic N) is 2. The molecule has 2 heterocycles. The molecule has 1 N–H and O–H groups in total. The van der Waals surface area contributed by atoms with E-state index in [1.807, 2.05) is 0 Å². The molecule has 1 aromatic heterocycles. The summed E-state index contributed by atoms with van der Waals surface area (Å²) in [6.07, 6.45) is 2.39. The second-order valence-electron chi connectivity index (χ2n) is 6.87. The minimum atomic E-state index is -3.86. The number of sulfonamides is 1. The average molecular weight is 450 g/mol. The van der Waals surface area contributed by atoms with Gasteiger partial charge in [0.2, 0.25) is 5.91 Å². The lowest BCUT2D eigenvalue weighted by Crippen LogP contribution is -2.25. The van der Waals surface area contributed by atoms with Crippen LogP contribution in [-0.2, 0) is 27.7 Å². The summed E-state index contributed by atoms with van der Waals surface area (Å²) >= 11 is 1.12. The van der Waals surface area contributed by atoms with Gasteiger partial charge in [-0.25, -0.2) is 22.2 Å². The number of carbonyl (C=O) groups is 1. The van der Waals surface area contributed by atoms with Crippen molar-refractivity contribution < 1.29 is 22.0 Å². The second kappa shape index (κ2) is 7.77. The largest absolute Gasteiger partial charge is 0.312 e. The van der Waals surface area contributed by atoms with Crippen LogP contribution in [0.5, 0.6) is 0 Å². The molecular weight excluding hydrogens is 432 g/mol. The third-order valence-electron chi connectivity index (χ3n) is 4.77. The minimum Gasteiger partial charge on any atom is -0.312 e. The quantitative estimate of drug-likeness (QED) is 0.644. The van der Waals surface area contributed by atoms with Crippen molar-refractivity contribution in [1.82, 2.24) is 4.98 Å². The van der Waals surface area contributed by atoms with E-state index >= 15 is 0 Å². The maximum absolute atomic E-state index is 13.4. The second-order valence-corrected chi connectivity index (χ2v) is 9.67. The zero-order chi connectivity index (χ0) is 21.5. The summed E-state index contributed by atoms with van der Waals surface area (Å²) in [4.78, 5) is 18.1. The van der Waals surface area contributed by atoms with E-state index in [4.69, 9.17) is 0 Å².